The zero-order chi connectivity index (χ0) is 9.97. The monoisotopic (exact) mass is 295 g/mol. The lowest BCUT2D eigenvalue weighted by molar-refractivity contribution is 1.24. The summed E-state index contributed by atoms with van der Waals surface area (Å²) in [6.45, 7) is 2.12. The van der Waals surface area contributed by atoms with Gasteiger partial charge in [0.2, 0.25) is 0 Å². The van der Waals surface area contributed by atoms with Crippen LogP contribution in [0.5, 0.6) is 0 Å². The van der Waals surface area contributed by atoms with Crippen molar-refractivity contribution in [2.75, 3.05) is 0 Å². The largest absolute Gasteiger partial charge is 0.250 e. The van der Waals surface area contributed by atoms with Crippen LogP contribution in [0.15, 0.2) is 42.6 Å². The maximum absolute atomic E-state index is 4.30. The van der Waals surface area contributed by atoms with Crippen molar-refractivity contribution in [1.29, 1.82) is 0 Å². The zero-order valence-electron chi connectivity index (χ0n) is 7.87. The normalized spacial score (nSPS) is 10.1. The van der Waals surface area contributed by atoms with Crippen molar-refractivity contribution in [2.45, 2.75) is 6.92 Å². The summed E-state index contributed by atoms with van der Waals surface area (Å²) in [6, 6.07) is 12.4. The van der Waals surface area contributed by atoms with Crippen molar-refractivity contribution in [2.24, 2.45) is 0 Å². The van der Waals surface area contributed by atoms with Crippen LogP contribution in [0, 0.1) is 10.6 Å². The van der Waals surface area contributed by atoms with Gasteiger partial charge in [-0.15, -0.1) is 0 Å². The molecule has 70 valence electrons. The second-order valence-electron chi connectivity index (χ2n) is 3.16. The summed E-state index contributed by atoms with van der Waals surface area (Å²) in [6.07, 6.45) is 1.85. The first-order valence-electron chi connectivity index (χ1n) is 4.45. The van der Waals surface area contributed by atoms with E-state index in [1.54, 1.807) is 0 Å². The van der Waals surface area contributed by atoms with Crippen molar-refractivity contribution in [3.05, 3.63) is 51.9 Å². The van der Waals surface area contributed by atoms with E-state index in [-0.39, 0.29) is 0 Å². The molecule has 0 unspecified atom stereocenters. The summed E-state index contributed by atoms with van der Waals surface area (Å²) < 4.78 is 1.06. The smallest absolute Gasteiger partial charge is 0.109 e. The van der Waals surface area contributed by atoms with Crippen LogP contribution in [0.4, 0.5) is 0 Å². The van der Waals surface area contributed by atoms with Crippen LogP contribution < -0.4 is 0 Å². The van der Waals surface area contributed by atoms with Crippen molar-refractivity contribution in [3.63, 3.8) is 0 Å². The van der Waals surface area contributed by atoms with Gasteiger partial charge in [-0.05, 0) is 46.7 Å². The molecule has 2 heteroatoms. The van der Waals surface area contributed by atoms with Gasteiger partial charge in [0.15, 0.2) is 0 Å². The van der Waals surface area contributed by atoms with Crippen molar-refractivity contribution in [3.8, 4) is 11.1 Å². The summed E-state index contributed by atoms with van der Waals surface area (Å²) in [5.41, 5.74) is 3.76. The Balaban J connectivity index is 2.63. The summed E-state index contributed by atoms with van der Waals surface area (Å²) in [5.74, 6) is 0. The number of benzene rings is 1. The standard InChI is InChI=1S/C12H10IN/c1-9-7-8-14-12(13)11(9)10-5-3-2-4-6-10/h2-8H,1H3. The van der Waals surface area contributed by atoms with Gasteiger partial charge in [0.1, 0.15) is 3.70 Å². The minimum absolute atomic E-state index is 1.06. The molecule has 0 bridgehead atoms. The van der Waals surface area contributed by atoms with E-state index in [1.165, 1.54) is 16.7 Å². The molecule has 0 aliphatic rings. The van der Waals surface area contributed by atoms with E-state index in [2.05, 4.69) is 58.8 Å². The Morgan fingerprint density at radius 3 is 2.43 bits per heavy atom. The van der Waals surface area contributed by atoms with Gasteiger partial charge in [-0.1, -0.05) is 30.3 Å². The van der Waals surface area contributed by atoms with Crippen molar-refractivity contribution < 1.29 is 0 Å². The maximum Gasteiger partial charge on any atom is 0.109 e. The summed E-state index contributed by atoms with van der Waals surface area (Å²) in [7, 11) is 0. The third-order valence-electron chi connectivity index (χ3n) is 2.18. The quantitative estimate of drug-likeness (QED) is 0.578. The Labute approximate surface area is 97.3 Å². The van der Waals surface area contributed by atoms with E-state index in [0.717, 1.165) is 3.70 Å². The number of rotatable bonds is 1. The molecule has 0 atom stereocenters. The average molecular weight is 295 g/mol. The van der Waals surface area contributed by atoms with E-state index in [4.69, 9.17) is 0 Å². The van der Waals surface area contributed by atoms with Gasteiger partial charge in [0.25, 0.3) is 0 Å². The van der Waals surface area contributed by atoms with Crippen LogP contribution in [0.1, 0.15) is 5.56 Å². The van der Waals surface area contributed by atoms with E-state index in [0.29, 0.717) is 0 Å². The molecule has 1 aromatic carbocycles. The topological polar surface area (TPSA) is 12.9 Å². The van der Waals surface area contributed by atoms with Gasteiger partial charge in [0, 0.05) is 11.8 Å². The summed E-state index contributed by atoms with van der Waals surface area (Å²) in [5, 5.41) is 0. The first-order valence-corrected chi connectivity index (χ1v) is 5.53. The molecule has 2 rings (SSSR count). The van der Waals surface area contributed by atoms with Gasteiger partial charge >= 0.3 is 0 Å². The molecule has 0 spiro atoms. The number of hydrogen-bond acceptors (Lipinski definition) is 1. The molecule has 0 aliphatic heterocycles. The molecule has 0 saturated carbocycles. The number of hydrogen-bond donors (Lipinski definition) is 0. The third-order valence-corrected chi connectivity index (χ3v) is 2.99. The van der Waals surface area contributed by atoms with E-state index in [1.807, 2.05) is 18.3 Å². The molecule has 1 heterocycles. The van der Waals surface area contributed by atoms with Gasteiger partial charge in [0.05, 0.1) is 0 Å². The van der Waals surface area contributed by atoms with Crippen LogP contribution in [0.25, 0.3) is 11.1 Å². The first kappa shape index (κ1) is 9.65. The predicted molar refractivity (Wildman–Crippen MR) is 67.1 cm³/mol. The van der Waals surface area contributed by atoms with Crippen molar-refractivity contribution >= 4 is 22.6 Å². The molecule has 2 aromatic rings. The number of aryl methyl sites for hydroxylation is 1. The van der Waals surface area contributed by atoms with E-state index in [9.17, 15) is 0 Å². The number of nitrogens with zero attached hydrogens (tertiary/aromatic N) is 1. The molecular weight excluding hydrogens is 285 g/mol. The predicted octanol–water partition coefficient (Wildman–Crippen LogP) is 3.66. The number of aromatic nitrogens is 1. The van der Waals surface area contributed by atoms with Gasteiger partial charge in [-0.3, -0.25) is 0 Å². The highest BCUT2D eigenvalue weighted by Gasteiger charge is 2.05. The summed E-state index contributed by atoms with van der Waals surface area (Å²) in [4.78, 5) is 4.30. The fourth-order valence-corrected chi connectivity index (χ4v) is 2.37. The fraction of sp³-hybridized carbons (Fsp3) is 0.0833. The average Bonchev–Trinajstić information content (AvgIpc) is 2.19. The second kappa shape index (κ2) is 4.09. The Morgan fingerprint density at radius 2 is 1.79 bits per heavy atom. The molecular formula is C12H10IN. The van der Waals surface area contributed by atoms with Crippen molar-refractivity contribution in [1.82, 2.24) is 4.98 Å². The minimum atomic E-state index is 1.06. The molecule has 0 fully saturated rings. The lowest BCUT2D eigenvalue weighted by Gasteiger charge is -2.06. The van der Waals surface area contributed by atoms with Gasteiger partial charge in [-0.2, -0.15) is 0 Å². The Kier molecular flexibility index (Phi) is 2.82. The SMILES string of the molecule is Cc1ccnc(I)c1-c1ccccc1. The highest BCUT2D eigenvalue weighted by Crippen LogP contribution is 2.26. The molecule has 1 nitrogen and oxygen atoms in total. The Morgan fingerprint density at radius 1 is 1.07 bits per heavy atom. The highest BCUT2D eigenvalue weighted by atomic mass is 127. The fourth-order valence-electron chi connectivity index (χ4n) is 1.48. The van der Waals surface area contributed by atoms with Crippen LogP contribution >= 0.6 is 22.6 Å². The van der Waals surface area contributed by atoms with Crippen LogP contribution in [0.3, 0.4) is 0 Å². The number of halogens is 1. The highest BCUT2D eigenvalue weighted by molar-refractivity contribution is 14.1. The maximum atomic E-state index is 4.30. The molecule has 0 saturated heterocycles. The van der Waals surface area contributed by atoms with Crippen LogP contribution in [-0.4, -0.2) is 4.98 Å². The van der Waals surface area contributed by atoms with Gasteiger partial charge < -0.3 is 0 Å². The first-order chi connectivity index (χ1) is 6.79. The lowest BCUT2D eigenvalue weighted by atomic mass is 10.0. The zero-order valence-corrected chi connectivity index (χ0v) is 10.0. The Hall–Kier alpha value is -0.900. The second-order valence-corrected chi connectivity index (χ2v) is 4.18. The lowest BCUT2D eigenvalue weighted by Crippen LogP contribution is -1.90. The molecule has 14 heavy (non-hydrogen) atoms. The van der Waals surface area contributed by atoms with Crippen LogP contribution in [0.2, 0.25) is 0 Å². The number of pyridine rings is 1. The Bertz CT molecular complexity index is 417. The van der Waals surface area contributed by atoms with E-state index < -0.39 is 0 Å². The molecule has 1 aromatic heterocycles. The minimum Gasteiger partial charge on any atom is -0.250 e. The third kappa shape index (κ3) is 1.80. The molecule has 0 radical (unpaired) electrons. The van der Waals surface area contributed by atoms with Crippen LogP contribution in [-0.2, 0) is 0 Å². The molecule has 0 N–H and O–H groups in total. The molecule has 0 amide bonds. The molecule has 0 aliphatic carbocycles. The van der Waals surface area contributed by atoms with Gasteiger partial charge in [-0.25, -0.2) is 4.98 Å². The summed E-state index contributed by atoms with van der Waals surface area (Å²) >= 11 is 2.28. The van der Waals surface area contributed by atoms with E-state index >= 15 is 0 Å².